The van der Waals surface area contributed by atoms with Crippen LogP contribution in [-0.4, -0.2) is 34.6 Å². The maximum absolute atomic E-state index is 12.5. The Bertz CT molecular complexity index is 820. The van der Waals surface area contributed by atoms with Crippen molar-refractivity contribution in [2.75, 3.05) is 18.9 Å². The summed E-state index contributed by atoms with van der Waals surface area (Å²) in [6.45, 7) is 1.30. The van der Waals surface area contributed by atoms with Crippen molar-refractivity contribution >= 4 is 11.7 Å². The normalized spacial score (nSPS) is 10.3. The molecule has 0 unspecified atom stereocenters. The van der Waals surface area contributed by atoms with Crippen LogP contribution < -0.4 is 5.32 Å². The number of amides is 1. The van der Waals surface area contributed by atoms with Crippen molar-refractivity contribution in [3.8, 4) is 0 Å². The van der Waals surface area contributed by atoms with Crippen LogP contribution in [0, 0.1) is 0 Å². The minimum absolute atomic E-state index is 0.141. The standard InChI is InChI=1S/C21H22N4O/c1-25(16-18-10-6-3-7-11-18)21(26)19-12-13-20(24-23-19)22-15-14-17-8-4-2-5-9-17/h2-13H,14-16H2,1H3,(H,22,24). The molecule has 1 heterocycles. The van der Waals surface area contributed by atoms with Gasteiger partial charge in [-0.05, 0) is 29.7 Å². The maximum Gasteiger partial charge on any atom is 0.274 e. The third-order valence-electron chi connectivity index (χ3n) is 4.06. The summed E-state index contributed by atoms with van der Waals surface area (Å²) >= 11 is 0. The van der Waals surface area contributed by atoms with Gasteiger partial charge in [0.25, 0.3) is 5.91 Å². The molecule has 0 spiro atoms. The molecule has 0 saturated heterocycles. The molecule has 0 fully saturated rings. The fourth-order valence-electron chi connectivity index (χ4n) is 2.64. The van der Waals surface area contributed by atoms with Crippen LogP contribution >= 0.6 is 0 Å². The number of benzene rings is 2. The van der Waals surface area contributed by atoms with E-state index >= 15 is 0 Å². The lowest BCUT2D eigenvalue weighted by Crippen LogP contribution is -2.27. The van der Waals surface area contributed by atoms with Crippen molar-refractivity contribution in [3.05, 3.63) is 89.6 Å². The Morgan fingerprint density at radius 2 is 1.54 bits per heavy atom. The molecule has 1 aromatic heterocycles. The molecule has 0 bridgehead atoms. The van der Waals surface area contributed by atoms with Crippen LogP contribution in [0.1, 0.15) is 21.6 Å². The second-order valence-electron chi connectivity index (χ2n) is 6.11. The highest BCUT2D eigenvalue weighted by atomic mass is 16.2. The smallest absolute Gasteiger partial charge is 0.274 e. The Hall–Kier alpha value is -3.21. The monoisotopic (exact) mass is 346 g/mol. The molecule has 132 valence electrons. The molecule has 0 aliphatic heterocycles. The van der Waals surface area contributed by atoms with E-state index in [1.165, 1.54) is 5.56 Å². The molecule has 3 rings (SSSR count). The summed E-state index contributed by atoms with van der Waals surface area (Å²) in [4.78, 5) is 14.1. The van der Waals surface area contributed by atoms with E-state index in [2.05, 4.69) is 27.6 Å². The lowest BCUT2D eigenvalue weighted by molar-refractivity contribution is 0.0778. The molecule has 1 amide bonds. The topological polar surface area (TPSA) is 58.1 Å². The molecule has 5 heteroatoms. The number of hydrogen-bond acceptors (Lipinski definition) is 4. The van der Waals surface area contributed by atoms with E-state index in [9.17, 15) is 4.79 Å². The van der Waals surface area contributed by atoms with Crippen LogP contribution in [0.5, 0.6) is 0 Å². The van der Waals surface area contributed by atoms with Crippen LogP contribution in [0.3, 0.4) is 0 Å². The van der Waals surface area contributed by atoms with E-state index in [-0.39, 0.29) is 5.91 Å². The van der Waals surface area contributed by atoms with Gasteiger partial charge in [0.15, 0.2) is 5.69 Å². The minimum Gasteiger partial charge on any atom is -0.368 e. The average Bonchev–Trinajstić information content (AvgIpc) is 2.69. The van der Waals surface area contributed by atoms with Crippen molar-refractivity contribution in [1.82, 2.24) is 15.1 Å². The Balaban J connectivity index is 1.52. The van der Waals surface area contributed by atoms with Gasteiger partial charge in [-0.3, -0.25) is 4.79 Å². The SMILES string of the molecule is CN(Cc1ccccc1)C(=O)c1ccc(NCCc2ccccc2)nn1. The molecule has 0 radical (unpaired) electrons. The first kappa shape index (κ1) is 17.6. The summed E-state index contributed by atoms with van der Waals surface area (Å²) in [6, 6.07) is 23.6. The number of anilines is 1. The number of nitrogens with zero attached hydrogens (tertiary/aromatic N) is 3. The molecule has 26 heavy (non-hydrogen) atoms. The van der Waals surface area contributed by atoms with Gasteiger partial charge in [0.2, 0.25) is 0 Å². The van der Waals surface area contributed by atoms with Gasteiger partial charge in [0.1, 0.15) is 5.82 Å². The summed E-state index contributed by atoms with van der Waals surface area (Å²) in [7, 11) is 1.77. The van der Waals surface area contributed by atoms with Crippen molar-refractivity contribution in [3.63, 3.8) is 0 Å². The Kier molecular flexibility index (Phi) is 5.93. The number of hydrogen-bond donors (Lipinski definition) is 1. The quantitative estimate of drug-likeness (QED) is 0.712. The largest absolute Gasteiger partial charge is 0.368 e. The van der Waals surface area contributed by atoms with Gasteiger partial charge < -0.3 is 10.2 Å². The molecule has 3 aromatic rings. The summed E-state index contributed by atoms with van der Waals surface area (Å²) in [5.74, 6) is 0.528. The lowest BCUT2D eigenvalue weighted by Gasteiger charge is -2.16. The number of carbonyl (C=O) groups is 1. The van der Waals surface area contributed by atoms with Crippen molar-refractivity contribution < 1.29 is 4.79 Å². The van der Waals surface area contributed by atoms with E-state index in [0.29, 0.717) is 18.1 Å². The molecular weight excluding hydrogens is 324 g/mol. The van der Waals surface area contributed by atoms with Gasteiger partial charge in [-0.2, -0.15) is 0 Å². The van der Waals surface area contributed by atoms with Crippen molar-refractivity contribution in [2.24, 2.45) is 0 Å². The highest BCUT2D eigenvalue weighted by Crippen LogP contribution is 2.08. The first-order valence-corrected chi connectivity index (χ1v) is 8.63. The molecule has 0 aliphatic carbocycles. The molecule has 5 nitrogen and oxygen atoms in total. The first-order chi connectivity index (χ1) is 12.7. The van der Waals surface area contributed by atoms with E-state index in [4.69, 9.17) is 0 Å². The van der Waals surface area contributed by atoms with Crippen molar-refractivity contribution in [1.29, 1.82) is 0 Å². The zero-order valence-electron chi connectivity index (χ0n) is 14.8. The van der Waals surface area contributed by atoms with E-state index in [0.717, 1.165) is 18.5 Å². The molecule has 0 aliphatic rings. The first-order valence-electron chi connectivity index (χ1n) is 8.63. The average molecular weight is 346 g/mol. The zero-order valence-corrected chi connectivity index (χ0v) is 14.8. The second kappa shape index (κ2) is 8.76. The van der Waals surface area contributed by atoms with E-state index in [1.54, 1.807) is 24.1 Å². The highest BCUT2D eigenvalue weighted by molar-refractivity contribution is 5.92. The van der Waals surface area contributed by atoms with Gasteiger partial charge in [-0.15, -0.1) is 10.2 Å². The Morgan fingerprint density at radius 1 is 0.885 bits per heavy atom. The Labute approximate surface area is 153 Å². The molecular formula is C21H22N4O. The predicted molar refractivity (Wildman–Crippen MR) is 103 cm³/mol. The third-order valence-corrected chi connectivity index (χ3v) is 4.06. The minimum atomic E-state index is -0.141. The fourth-order valence-corrected chi connectivity index (χ4v) is 2.64. The molecule has 1 N–H and O–H groups in total. The van der Waals surface area contributed by atoms with Gasteiger partial charge >= 0.3 is 0 Å². The second-order valence-corrected chi connectivity index (χ2v) is 6.11. The van der Waals surface area contributed by atoms with Gasteiger partial charge in [-0.25, -0.2) is 0 Å². The summed E-state index contributed by atoms with van der Waals surface area (Å²) in [6.07, 6.45) is 0.906. The molecule has 0 saturated carbocycles. The van der Waals surface area contributed by atoms with Gasteiger partial charge in [0, 0.05) is 20.1 Å². The van der Waals surface area contributed by atoms with Crippen LogP contribution in [0.15, 0.2) is 72.8 Å². The van der Waals surface area contributed by atoms with Gasteiger partial charge in [-0.1, -0.05) is 60.7 Å². The number of rotatable bonds is 7. The zero-order chi connectivity index (χ0) is 18.2. The van der Waals surface area contributed by atoms with Crippen LogP contribution in [0.2, 0.25) is 0 Å². The predicted octanol–water partition coefficient (Wildman–Crippen LogP) is 3.40. The summed E-state index contributed by atoms with van der Waals surface area (Å²) in [5, 5.41) is 11.4. The van der Waals surface area contributed by atoms with E-state index in [1.807, 2.05) is 48.5 Å². The van der Waals surface area contributed by atoms with E-state index < -0.39 is 0 Å². The van der Waals surface area contributed by atoms with Gasteiger partial charge in [0.05, 0.1) is 0 Å². The molecule has 2 aromatic carbocycles. The maximum atomic E-state index is 12.5. The fraction of sp³-hybridized carbons (Fsp3) is 0.190. The number of carbonyl (C=O) groups excluding carboxylic acids is 1. The number of aromatic nitrogens is 2. The highest BCUT2D eigenvalue weighted by Gasteiger charge is 2.14. The van der Waals surface area contributed by atoms with Crippen LogP contribution in [0.25, 0.3) is 0 Å². The van der Waals surface area contributed by atoms with Crippen LogP contribution in [-0.2, 0) is 13.0 Å². The summed E-state index contributed by atoms with van der Waals surface area (Å²) in [5.41, 5.74) is 2.69. The number of nitrogens with one attached hydrogen (secondary N) is 1. The lowest BCUT2D eigenvalue weighted by atomic mass is 10.1. The van der Waals surface area contributed by atoms with Crippen LogP contribution in [0.4, 0.5) is 5.82 Å². The Morgan fingerprint density at radius 3 is 2.15 bits per heavy atom. The van der Waals surface area contributed by atoms with Crippen molar-refractivity contribution in [2.45, 2.75) is 13.0 Å². The summed E-state index contributed by atoms with van der Waals surface area (Å²) < 4.78 is 0. The molecule has 0 atom stereocenters. The third kappa shape index (κ3) is 4.89.